The molecule has 2 N–H and O–H groups in total. The average molecular weight is 329 g/mol. The third-order valence-electron chi connectivity index (χ3n) is 5.40. The van der Waals surface area contributed by atoms with Crippen molar-refractivity contribution < 1.29 is 9.59 Å². The highest BCUT2D eigenvalue weighted by Crippen LogP contribution is 2.22. The number of benzene rings is 1. The molecule has 1 atom stereocenters. The van der Waals surface area contributed by atoms with Crippen LogP contribution in [0.1, 0.15) is 31.2 Å². The minimum Gasteiger partial charge on any atom is -0.369 e. The molecule has 0 spiro atoms. The number of likely N-dealkylation sites (tertiary alicyclic amines) is 2. The first-order chi connectivity index (χ1) is 11.6. The van der Waals surface area contributed by atoms with Gasteiger partial charge in [0.15, 0.2) is 0 Å². The van der Waals surface area contributed by atoms with Crippen LogP contribution < -0.4 is 5.73 Å². The Balaban J connectivity index is 1.51. The van der Waals surface area contributed by atoms with Crippen LogP contribution in [0.25, 0.3) is 0 Å². The second-order valence-corrected chi connectivity index (χ2v) is 7.01. The van der Waals surface area contributed by atoms with E-state index in [0.717, 1.165) is 25.8 Å². The number of nitrogens with zero attached hydrogens (tertiary/aromatic N) is 2. The predicted octanol–water partition coefficient (Wildman–Crippen LogP) is 1.42. The molecule has 0 aliphatic carbocycles. The molecular formula is C19H27N3O2. The molecule has 1 aromatic carbocycles. The summed E-state index contributed by atoms with van der Waals surface area (Å²) in [5, 5.41) is 0. The normalized spacial score (nSPS) is 22.7. The number of amides is 2. The van der Waals surface area contributed by atoms with Gasteiger partial charge in [0, 0.05) is 25.0 Å². The molecule has 0 radical (unpaired) electrons. The van der Waals surface area contributed by atoms with Crippen LogP contribution in [0.4, 0.5) is 0 Å². The lowest BCUT2D eigenvalue weighted by Gasteiger charge is -2.33. The van der Waals surface area contributed by atoms with Crippen molar-refractivity contribution in [2.24, 2.45) is 11.7 Å². The zero-order valence-corrected chi connectivity index (χ0v) is 14.2. The van der Waals surface area contributed by atoms with Crippen molar-refractivity contribution in [2.45, 2.75) is 38.1 Å². The number of hydrogen-bond donors (Lipinski definition) is 1. The highest BCUT2D eigenvalue weighted by Gasteiger charge is 2.30. The summed E-state index contributed by atoms with van der Waals surface area (Å²) in [6.07, 6.45) is 4.74. The Kier molecular flexibility index (Phi) is 5.51. The summed E-state index contributed by atoms with van der Waals surface area (Å²) >= 11 is 0. The second kappa shape index (κ2) is 7.79. The van der Waals surface area contributed by atoms with E-state index in [0.29, 0.717) is 38.5 Å². The van der Waals surface area contributed by atoms with Crippen LogP contribution in [0.3, 0.4) is 0 Å². The van der Waals surface area contributed by atoms with E-state index in [1.165, 1.54) is 5.56 Å². The van der Waals surface area contributed by atoms with Crippen LogP contribution in [0.5, 0.6) is 0 Å². The number of nitrogens with two attached hydrogens (primary N) is 1. The summed E-state index contributed by atoms with van der Waals surface area (Å²) in [6.45, 7) is 2.81. The molecule has 2 aliphatic rings. The van der Waals surface area contributed by atoms with Gasteiger partial charge in [0.2, 0.25) is 11.8 Å². The number of piperidine rings is 1. The van der Waals surface area contributed by atoms with Gasteiger partial charge in [-0.2, -0.15) is 0 Å². The molecule has 0 bridgehead atoms. The van der Waals surface area contributed by atoms with Crippen LogP contribution in [0.2, 0.25) is 0 Å². The summed E-state index contributed by atoms with van der Waals surface area (Å²) in [4.78, 5) is 28.1. The minimum absolute atomic E-state index is 0.0633. The van der Waals surface area contributed by atoms with Crippen LogP contribution in [-0.2, 0) is 16.0 Å². The zero-order valence-electron chi connectivity index (χ0n) is 14.2. The molecule has 130 valence electrons. The van der Waals surface area contributed by atoms with Gasteiger partial charge in [0.25, 0.3) is 0 Å². The summed E-state index contributed by atoms with van der Waals surface area (Å²) in [6, 6.07) is 11.0. The number of hydrogen-bond acceptors (Lipinski definition) is 3. The van der Waals surface area contributed by atoms with Crippen LogP contribution in [0.15, 0.2) is 30.3 Å². The number of carbonyl (C=O) groups is 2. The van der Waals surface area contributed by atoms with Crippen molar-refractivity contribution in [1.82, 2.24) is 9.80 Å². The monoisotopic (exact) mass is 329 g/mol. The minimum atomic E-state index is -0.232. The van der Waals surface area contributed by atoms with Gasteiger partial charge in [-0.05, 0) is 44.2 Å². The number of rotatable bonds is 5. The van der Waals surface area contributed by atoms with Crippen molar-refractivity contribution in [1.29, 1.82) is 0 Å². The maximum absolute atomic E-state index is 12.6. The Morgan fingerprint density at radius 3 is 2.42 bits per heavy atom. The molecule has 0 aromatic heterocycles. The van der Waals surface area contributed by atoms with Crippen LogP contribution >= 0.6 is 0 Å². The SMILES string of the molecule is NC(=O)C1CCN(C(=O)CN2CCCC2Cc2ccccc2)CC1. The average Bonchev–Trinajstić information content (AvgIpc) is 3.02. The molecule has 2 heterocycles. The molecule has 2 saturated heterocycles. The van der Waals surface area contributed by atoms with Crippen LogP contribution in [-0.4, -0.2) is 53.8 Å². The van der Waals surface area contributed by atoms with Gasteiger partial charge < -0.3 is 10.6 Å². The number of primary amides is 1. The number of carbonyl (C=O) groups excluding carboxylic acids is 2. The molecular weight excluding hydrogens is 302 g/mol. The van der Waals surface area contributed by atoms with Crippen molar-refractivity contribution in [3.63, 3.8) is 0 Å². The predicted molar refractivity (Wildman–Crippen MR) is 93.2 cm³/mol. The van der Waals surface area contributed by atoms with E-state index in [1.807, 2.05) is 11.0 Å². The standard InChI is InChI=1S/C19H27N3O2/c20-19(24)16-8-11-21(12-9-16)18(23)14-22-10-4-7-17(22)13-15-5-2-1-3-6-15/h1-3,5-6,16-17H,4,7-14H2,(H2,20,24). The lowest BCUT2D eigenvalue weighted by Crippen LogP contribution is -2.47. The summed E-state index contributed by atoms with van der Waals surface area (Å²) in [5.41, 5.74) is 6.70. The smallest absolute Gasteiger partial charge is 0.236 e. The van der Waals surface area contributed by atoms with Crippen molar-refractivity contribution >= 4 is 11.8 Å². The second-order valence-electron chi connectivity index (χ2n) is 7.01. The molecule has 24 heavy (non-hydrogen) atoms. The van der Waals surface area contributed by atoms with Gasteiger partial charge in [-0.1, -0.05) is 30.3 Å². The molecule has 2 aliphatic heterocycles. The Labute approximate surface area is 143 Å². The first-order valence-electron chi connectivity index (χ1n) is 8.98. The highest BCUT2D eigenvalue weighted by atomic mass is 16.2. The Bertz CT molecular complexity index is 567. The van der Waals surface area contributed by atoms with Crippen molar-refractivity contribution in [2.75, 3.05) is 26.2 Å². The van der Waals surface area contributed by atoms with E-state index in [9.17, 15) is 9.59 Å². The fourth-order valence-electron chi connectivity index (χ4n) is 3.91. The fourth-order valence-corrected chi connectivity index (χ4v) is 3.91. The Hall–Kier alpha value is -1.88. The maximum atomic E-state index is 12.6. The largest absolute Gasteiger partial charge is 0.369 e. The van der Waals surface area contributed by atoms with Gasteiger partial charge in [-0.3, -0.25) is 14.5 Å². The zero-order chi connectivity index (χ0) is 16.9. The molecule has 1 unspecified atom stereocenters. The van der Waals surface area contributed by atoms with E-state index in [4.69, 9.17) is 5.73 Å². The van der Waals surface area contributed by atoms with E-state index < -0.39 is 0 Å². The molecule has 2 amide bonds. The molecule has 5 nitrogen and oxygen atoms in total. The molecule has 3 rings (SSSR count). The third kappa shape index (κ3) is 4.15. The molecule has 2 fully saturated rings. The quantitative estimate of drug-likeness (QED) is 0.888. The fraction of sp³-hybridized carbons (Fsp3) is 0.579. The molecule has 0 saturated carbocycles. The topological polar surface area (TPSA) is 66.6 Å². The van der Waals surface area contributed by atoms with Gasteiger partial charge in [0.1, 0.15) is 0 Å². The summed E-state index contributed by atoms with van der Waals surface area (Å²) in [5.74, 6) is -0.103. The first-order valence-corrected chi connectivity index (χ1v) is 8.98. The third-order valence-corrected chi connectivity index (χ3v) is 5.40. The summed E-state index contributed by atoms with van der Waals surface area (Å²) < 4.78 is 0. The lowest BCUT2D eigenvalue weighted by molar-refractivity contribution is -0.136. The first kappa shape index (κ1) is 17.0. The lowest BCUT2D eigenvalue weighted by atomic mass is 9.96. The van der Waals surface area contributed by atoms with E-state index in [-0.39, 0.29) is 17.7 Å². The van der Waals surface area contributed by atoms with Crippen LogP contribution in [0, 0.1) is 5.92 Å². The van der Waals surface area contributed by atoms with E-state index in [2.05, 4.69) is 29.2 Å². The summed E-state index contributed by atoms with van der Waals surface area (Å²) in [7, 11) is 0. The van der Waals surface area contributed by atoms with Gasteiger partial charge in [-0.25, -0.2) is 0 Å². The molecule has 1 aromatic rings. The Morgan fingerprint density at radius 2 is 1.75 bits per heavy atom. The van der Waals surface area contributed by atoms with Gasteiger partial charge in [0.05, 0.1) is 6.54 Å². The van der Waals surface area contributed by atoms with E-state index >= 15 is 0 Å². The van der Waals surface area contributed by atoms with Crippen molar-refractivity contribution in [3.05, 3.63) is 35.9 Å². The van der Waals surface area contributed by atoms with Gasteiger partial charge in [-0.15, -0.1) is 0 Å². The van der Waals surface area contributed by atoms with Gasteiger partial charge >= 0.3 is 0 Å². The van der Waals surface area contributed by atoms with E-state index in [1.54, 1.807) is 0 Å². The highest BCUT2D eigenvalue weighted by molar-refractivity contribution is 5.80. The van der Waals surface area contributed by atoms with Crippen molar-refractivity contribution in [3.8, 4) is 0 Å². The molecule has 5 heteroatoms. The maximum Gasteiger partial charge on any atom is 0.236 e. The Morgan fingerprint density at radius 1 is 1.04 bits per heavy atom.